The Morgan fingerprint density at radius 2 is 2.32 bits per heavy atom. The number of nitrogens with zero attached hydrogens (tertiary/aromatic N) is 3. The van der Waals surface area contributed by atoms with Gasteiger partial charge in [-0.3, -0.25) is 4.90 Å². The molecule has 2 atom stereocenters. The van der Waals surface area contributed by atoms with E-state index in [0.29, 0.717) is 29.3 Å². The molecule has 3 rings (SSSR count). The van der Waals surface area contributed by atoms with Gasteiger partial charge in [0.1, 0.15) is 0 Å². The molecule has 0 aliphatic carbocycles. The van der Waals surface area contributed by atoms with E-state index in [1.165, 1.54) is 12.8 Å². The molecule has 0 amide bonds. The summed E-state index contributed by atoms with van der Waals surface area (Å²) in [5.41, 5.74) is 6.97. The van der Waals surface area contributed by atoms with E-state index in [0.717, 1.165) is 18.5 Å². The van der Waals surface area contributed by atoms with Gasteiger partial charge in [0.2, 0.25) is 11.7 Å². The number of nitrogens with two attached hydrogens (primary N) is 1. The summed E-state index contributed by atoms with van der Waals surface area (Å²) >= 11 is 6.00. The molecule has 0 bridgehead atoms. The van der Waals surface area contributed by atoms with E-state index >= 15 is 0 Å². The first-order valence-electron chi connectivity index (χ1n) is 7.71. The minimum Gasteiger partial charge on any atom is -0.338 e. The fourth-order valence-corrected chi connectivity index (χ4v) is 3.24. The van der Waals surface area contributed by atoms with Crippen LogP contribution in [0.25, 0.3) is 11.4 Å². The van der Waals surface area contributed by atoms with Crippen molar-refractivity contribution in [3.63, 3.8) is 0 Å². The van der Waals surface area contributed by atoms with Gasteiger partial charge in [0.15, 0.2) is 0 Å². The third-order valence-corrected chi connectivity index (χ3v) is 4.40. The Morgan fingerprint density at radius 1 is 1.45 bits per heavy atom. The Bertz CT molecular complexity index is 628. The number of piperidine rings is 1. The van der Waals surface area contributed by atoms with Crippen LogP contribution in [0.2, 0.25) is 5.02 Å². The summed E-state index contributed by atoms with van der Waals surface area (Å²) in [6, 6.07) is 8.00. The summed E-state index contributed by atoms with van der Waals surface area (Å²) in [5.74, 6) is 1.20. The van der Waals surface area contributed by atoms with E-state index in [4.69, 9.17) is 21.9 Å². The predicted molar refractivity (Wildman–Crippen MR) is 86.4 cm³/mol. The number of aromatic nitrogens is 2. The van der Waals surface area contributed by atoms with Gasteiger partial charge in [-0.25, -0.2) is 0 Å². The second kappa shape index (κ2) is 6.77. The molecule has 0 spiro atoms. The molecule has 1 aliphatic rings. The molecule has 1 fully saturated rings. The van der Waals surface area contributed by atoms with Crippen molar-refractivity contribution in [3.05, 3.63) is 35.2 Å². The highest BCUT2D eigenvalue weighted by molar-refractivity contribution is 6.30. The summed E-state index contributed by atoms with van der Waals surface area (Å²) in [4.78, 5) is 6.84. The monoisotopic (exact) mass is 320 g/mol. The molecule has 118 valence electrons. The summed E-state index contributed by atoms with van der Waals surface area (Å²) < 4.78 is 5.40. The fourth-order valence-electron chi connectivity index (χ4n) is 3.05. The summed E-state index contributed by atoms with van der Waals surface area (Å²) in [5, 5.41) is 4.72. The smallest absolute Gasteiger partial charge is 0.241 e. The molecule has 22 heavy (non-hydrogen) atoms. The highest BCUT2D eigenvalue weighted by Crippen LogP contribution is 2.23. The third-order valence-electron chi connectivity index (χ3n) is 4.16. The molecule has 1 aromatic heterocycles. The second-order valence-corrected chi connectivity index (χ2v) is 6.35. The minimum absolute atomic E-state index is 0.149. The maximum atomic E-state index is 6.10. The lowest BCUT2D eigenvalue weighted by atomic mass is 9.97. The van der Waals surface area contributed by atoms with Crippen molar-refractivity contribution in [1.29, 1.82) is 0 Å². The molecule has 1 aromatic carbocycles. The van der Waals surface area contributed by atoms with Crippen LogP contribution in [0.5, 0.6) is 0 Å². The number of hydrogen-bond acceptors (Lipinski definition) is 5. The number of benzene rings is 1. The molecule has 5 nitrogen and oxygen atoms in total. The van der Waals surface area contributed by atoms with Crippen LogP contribution >= 0.6 is 11.6 Å². The van der Waals surface area contributed by atoms with Gasteiger partial charge in [0.25, 0.3) is 0 Å². The van der Waals surface area contributed by atoms with Gasteiger partial charge in [-0.2, -0.15) is 4.98 Å². The fraction of sp³-hybridized carbons (Fsp3) is 0.500. The molecule has 0 saturated carbocycles. The SMILES string of the molecule is CC(N)C1CCCCN1Cc1nc(-c2cccc(Cl)c2)no1. The Balaban J connectivity index is 1.73. The standard InChI is InChI=1S/C16H21ClN4O/c1-11(18)14-7-2-3-8-21(14)10-15-19-16(20-22-15)12-5-4-6-13(17)9-12/h4-6,9,11,14H,2-3,7-8,10,18H2,1H3. The number of rotatable bonds is 4. The van der Waals surface area contributed by atoms with E-state index in [-0.39, 0.29) is 6.04 Å². The first-order chi connectivity index (χ1) is 10.6. The van der Waals surface area contributed by atoms with E-state index in [1.807, 2.05) is 24.3 Å². The molecule has 2 unspecified atom stereocenters. The molecule has 1 saturated heterocycles. The van der Waals surface area contributed by atoms with Crippen LogP contribution in [-0.2, 0) is 6.54 Å². The number of halogens is 1. The largest absolute Gasteiger partial charge is 0.338 e. The van der Waals surface area contributed by atoms with E-state index in [1.54, 1.807) is 0 Å². The molecule has 6 heteroatoms. The van der Waals surface area contributed by atoms with Crippen LogP contribution in [0, 0.1) is 0 Å². The maximum Gasteiger partial charge on any atom is 0.241 e. The zero-order chi connectivity index (χ0) is 15.5. The van der Waals surface area contributed by atoms with Crippen molar-refractivity contribution in [2.45, 2.75) is 44.8 Å². The predicted octanol–water partition coefficient (Wildman–Crippen LogP) is 3.09. The van der Waals surface area contributed by atoms with Crippen LogP contribution in [-0.4, -0.2) is 33.7 Å². The van der Waals surface area contributed by atoms with Crippen molar-refractivity contribution in [3.8, 4) is 11.4 Å². The molecular weight excluding hydrogens is 300 g/mol. The zero-order valence-electron chi connectivity index (χ0n) is 12.7. The lowest BCUT2D eigenvalue weighted by Gasteiger charge is -2.37. The number of likely N-dealkylation sites (tertiary alicyclic amines) is 1. The summed E-state index contributed by atoms with van der Waals surface area (Å²) in [7, 11) is 0. The highest BCUT2D eigenvalue weighted by Gasteiger charge is 2.26. The van der Waals surface area contributed by atoms with Crippen molar-refractivity contribution in [2.24, 2.45) is 5.73 Å². The van der Waals surface area contributed by atoms with Gasteiger partial charge >= 0.3 is 0 Å². The average molecular weight is 321 g/mol. The highest BCUT2D eigenvalue weighted by atomic mass is 35.5. The normalized spacial score (nSPS) is 21.0. The molecular formula is C16H21ClN4O. The van der Waals surface area contributed by atoms with Gasteiger partial charge in [-0.1, -0.05) is 35.3 Å². The van der Waals surface area contributed by atoms with Crippen LogP contribution in [0.3, 0.4) is 0 Å². The zero-order valence-corrected chi connectivity index (χ0v) is 13.5. The van der Waals surface area contributed by atoms with Crippen molar-refractivity contribution in [1.82, 2.24) is 15.0 Å². The van der Waals surface area contributed by atoms with E-state index in [9.17, 15) is 0 Å². The summed E-state index contributed by atoms with van der Waals surface area (Å²) in [6.45, 7) is 3.75. The number of hydrogen-bond donors (Lipinski definition) is 1. The molecule has 2 N–H and O–H groups in total. The van der Waals surface area contributed by atoms with Gasteiger partial charge in [0, 0.05) is 22.7 Å². The quantitative estimate of drug-likeness (QED) is 0.937. The van der Waals surface area contributed by atoms with E-state index in [2.05, 4.69) is 22.0 Å². The molecule has 0 radical (unpaired) electrons. The molecule has 2 heterocycles. The Kier molecular flexibility index (Phi) is 4.76. The van der Waals surface area contributed by atoms with Crippen LogP contribution < -0.4 is 5.73 Å². The van der Waals surface area contributed by atoms with Crippen molar-refractivity contribution < 1.29 is 4.52 Å². The van der Waals surface area contributed by atoms with E-state index < -0.39 is 0 Å². The lowest BCUT2D eigenvalue weighted by molar-refractivity contribution is 0.109. The third kappa shape index (κ3) is 3.48. The van der Waals surface area contributed by atoms with Gasteiger partial charge < -0.3 is 10.3 Å². The van der Waals surface area contributed by atoms with Gasteiger partial charge in [-0.15, -0.1) is 0 Å². The minimum atomic E-state index is 0.149. The van der Waals surface area contributed by atoms with Crippen LogP contribution in [0.1, 0.15) is 32.1 Å². The van der Waals surface area contributed by atoms with Gasteiger partial charge in [-0.05, 0) is 38.4 Å². The topological polar surface area (TPSA) is 68.2 Å². The molecule has 2 aromatic rings. The second-order valence-electron chi connectivity index (χ2n) is 5.91. The van der Waals surface area contributed by atoms with Crippen LogP contribution in [0.15, 0.2) is 28.8 Å². The Labute approximate surface area is 135 Å². The average Bonchev–Trinajstić information content (AvgIpc) is 2.96. The Hall–Kier alpha value is -1.43. The van der Waals surface area contributed by atoms with Crippen molar-refractivity contribution >= 4 is 11.6 Å². The van der Waals surface area contributed by atoms with Crippen LogP contribution in [0.4, 0.5) is 0 Å². The van der Waals surface area contributed by atoms with Gasteiger partial charge in [0.05, 0.1) is 6.54 Å². The first-order valence-corrected chi connectivity index (χ1v) is 8.09. The lowest BCUT2D eigenvalue weighted by Crippen LogP contribution is -2.48. The molecule has 1 aliphatic heterocycles. The summed E-state index contributed by atoms with van der Waals surface area (Å²) in [6.07, 6.45) is 3.56. The first kappa shape index (κ1) is 15.5. The maximum absolute atomic E-state index is 6.10. The Morgan fingerprint density at radius 3 is 3.09 bits per heavy atom. The van der Waals surface area contributed by atoms with Crippen molar-refractivity contribution in [2.75, 3.05) is 6.54 Å².